The number of amides is 1. The third kappa shape index (κ3) is 3.49. The summed E-state index contributed by atoms with van der Waals surface area (Å²) in [6, 6.07) is 6.27. The monoisotopic (exact) mass is 372 g/mol. The fraction of sp³-hybridized carbons (Fsp3) is 0.500. The Balaban J connectivity index is 1.60. The van der Waals surface area contributed by atoms with Crippen LogP contribution in [-0.4, -0.2) is 70.4 Å². The molecule has 2 atom stereocenters. The van der Waals surface area contributed by atoms with E-state index < -0.39 is 0 Å². The number of carbonyl (C=O) groups excluding carboxylic acids is 1. The zero-order valence-electron chi connectivity index (χ0n) is 15.8. The van der Waals surface area contributed by atoms with Crippen LogP contribution in [0, 0.1) is 12.7 Å². The fourth-order valence-electron chi connectivity index (χ4n) is 4.05. The molecule has 2 aliphatic rings. The SMILES string of the molecule is CCN1CC[C@H]2OCCN(C(=O)c3cn(-c4cccc(F)c4)nc3C)[C@H]2C1. The summed E-state index contributed by atoms with van der Waals surface area (Å²) in [5, 5.41) is 4.43. The van der Waals surface area contributed by atoms with Gasteiger partial charge in [0.05, 0.1) is 35.7 Å². The molecule has 0 unspecified atom stereocenters. The zero-order chi connectivity index (χ0) is 19.0. The largest absolute Gasteiger partial charge is 0.374 e. The molecule has 0 spiro atoms. The third-order valence-corrected chi connectivity index (χ3v) is 5.58. The molecule has 7 heteroatoms. The second-order valence-electron chi connectivity index (χ2n) is 7.21. The lowest BCUT2D eigenvalue weighted by molar-refractivity contribution is -0.0896. The van der Waals surface area contributed by atoms with Crippen molar-refractivity contribution in [3.05, 3.63) is 47.5 Å². The molecule has 0 saturated carbocycles. The standard InChI is InChI=1S/C20H25FN4O2/c1-3-23-8-7-19-18(13-23)24(9-10-27-19)20(26)17-12-25(22-14(17)2)16-6-4-5-15(21)11-16/h4-6,11-12,18-19H,3,7-10,13H2,1-2H3/t18-,19+/m0/s1. The first-order valence-corrected chi connectivity index (χ1v) is 9.54. The second-order valence-corrected chi connectivity index (χ2v) is 7.21. The Hall–Kier alpha value is -2.25. The molecular formula is C20H25FN4O2. The minimum absolute atomic E-state index is 0.0218. The quantitative estimate of drug-likeness (QED) is 0.829. The van der Waals surface area contributed by atoms with Crippen LogP contribution in [0.2, 0.25) is 0 Å². The number of aromatic nitrogens is 2. The van der Waals surface area contributed by atoms with Crippen molar-refractivity contribution in [3.63, 3.8) is 0 Å². The van der Waals surface area contributed by atoms with E-state index in [4.69, 9.17) is 4.74 Å². The highest BCUT2D eigenvalue weighted by molar-refractivity contribution is 5.95. The van der Waals surface area contributed by atoms with Crippen LogP contribution in [-0.2, 0) is 4.74 Å². The Kier molecular flexibility index (Phi) is 4.97. The first-order chi connectivity index (χ1) is 13.1. The normalized spacial score (nSPS) is 23.3. The minimum Gasteiger partial charge on any atom is -0.374 e. The molecule has 2 aliphatic heterocycles. The number of carbonyl (C=O) groups is 1. The first-order valence-electron chi connectivity index (χ1n) is 9.54. The highest BCUT2D eigenvalue weighted by Gasteiger charge is 2.39. The van der Waals surface area contributed by atoms with E-state index in [-0.39, 0.29) is 23.9 Å². The summed E-state index contributed by atoms with van der Waals surface area (Å²) >= 11 is 0. The highest BCUT2D eigenvalue weighted by Crippen LogP contribution is 2.25. The van der Waals surface area contributed by atoms with Crippen molar-refractivity contribution in [1.29, 1.82) is 0 Å². The maximum absolute atomic E-state index is 13.5. The molecule has 0 bridgehead atoms. The average Bonchev–Trinajstić information content (AvgIpc) is 3.08. The summed E-state index contributed by atoms with van der Waals surface area (Å²) in [7, 11) is 0. The van der Waals surface area contributed by atoms with Gasteiger partial charge in [-0.05, 0) is 38.1 Å². The van der Waals surface area contributed by atoms with Crippen LogP contribution in [0.3, 0.4) is 0 Å². The molecule has 3 heterocycles. The van der Waals surface area contributed by atoms with Crippen molar-refractivity contribution in [3.8, 4) is 5.69 Å². The topological polar surface area (TPSA) is 50.6 Å². The van der Waals surface area contributed by atoms with Crippen LogP contribution >= 0.6 is 0 Å². The molecule has 27 heavy (non-hydrogen) atoms. The van der Waals surface area contributed by atoms with Crippen LogP contribution in [0.25, 0.3) is 5.69 Å². The van der Waals surface area contributed by atoms with E-state index in [9.17, 15) is 9.18 Å². The maximum atomic E-state index is 13.5. The molecule has 144 valence electrons. The van der Waals surface area contributed by atoms with E-state index in [1.165, 1.54) is 12.1 Å². The van der Waals surface area contributed by atoms with Crippen molar-refractivity contribution in [1.82, 2.24) is 19.6 Å². The number of aryl methyl sites for hydroxylation is 1. The number of piperidine rings is 1. The van der Waals surface area contributed by atoms with Gasteiger partial charge in [0.2, 0.25) is 0 Å². The number of hydrogen-bond acceptors (Lipinski definition) is 4. The van der Waals surface area contributed by atoms with Gasteiger partial charge < -0.3 is 14.5 Å². The number of halogens is 1. The van der Waals surface area contributed by atoms with Gasteiger partial charge in [-0.15, -0.1) is 0 Å². The highest BCUT2D eigenvalue weighted by atomic mass is 19.1. The molecular weight excluding hydrogens is 347 g/mol. The number of likely N-dealkylation sites (N-methyl/N-ethyl adjacent to an activating group) is 1. The number of rotatable bonds is 3. The molecule has 0 radical (unpaired) electrons. The van der Waals surface area contributed by atoms with Crippen LogP contribution in [0.5, 0.6) is 0 Å². The Morgan fingerprint density at radius 3 is 3.00 bits per heavy atom. The summed E-state index contributed by atoms with van der Waals surface area (Å²) in [6.07, 6.45) is 2.75. The number of ether oxygens (including phenoxy) is 1. The van der Waals surface area contributed by atoms with Crippen molar-refractivity contribution in [2.45, 2.75) is 32.4 Å². The van der Waals surface area contributed by atoms with Gasteiger partial charge in [0.1, 0.15) is 5.82 Å². The fourth-order valence-corrected chi connectivity index (χ4v) is 4.05. The Labute approximate surface area is 158 Å². The van der Waals surface area contributed by atoms with Crippen LogP contribution < -0.4 is 0 Å². The lowest BCUT2D eigenvalue weighted by Crippen LogP contribution is -2.61. The maximum Gasteiger partial charge on any atom is 0.257 e. The Morgan fingerprint density at radius 2 is 2.22 bits per heavy atom. The van der Waals surface area contributed by atoms with Crippen molar-refractivity contribution in [2.24, 2.45) is 0 Å². The zero-order valence-corrected chi connectivity index (χ0v) is 15.8. The van der Waals surface area contributed by atoms with Crippen molar-refractivity contribution in [2.75, 3.05) is 32.8 Å². The number of benzene rings is 1. The molecule has 0 aliphatic carbocycles. The van der Waals surface area contributed by atoms with Gasteiger partial charge in [-0.3, -0.25) is 4.79 Å². The molecule has 1 aromatic carbocycles. The third-order valence-electron chi connectivity index (χ3n) is 5.58. The van der Waals surface area contributed by atoms with Gasteiger partial charge in [0.15, 0.2) is 0 Å². The number of fused-ring (bicyclic) bond motifs is 1. The van der Waals surface area contributed by atoms with Crippen molar-refractivity contribution >= 4 is 5.91 Å². The van der Waals surface area contributed by atoms with E-state index in [1.54, 1.807) is 23.0 Å². The van der Waals surface area contributed by atoms with Gasteiger partial charge in [-0.2, -0.15) is 5.10 Å². The molecule has 2 fully saturated rings. The predicted molar refractivity (Wildman–Crippen MR) is 99.6 cm³/mol. The number of likely N-dealkylation sites (tertiary alicyclic amines) is 1. The molecule has 0 N–H and O–H groups in total. The average molecular weight is 372 g/mol. The van der Waals surface area contributed by atoms with E-state index in [0.29, 0.717) is 30.1 Å². The van der Waals surface area contributed by atoms with E-state index in [1.807, 2.05) is 11.8 Å². The summed E-state index contributed by atoms with van der Waals surface area (Å²) in [6.45, 7) is 7.93. The molecule has 2 saturated heterocycles. The van der Waals surface area contributed by atoms with Crippen LogP contribution in [0.1, 0.15) is 29.4 Å². The molecule has 1 aromatic heterocycles. The molecule has 2 aromatic rings. The Morgan fingerprint density at radius 1 is 1.37 bits per heavy atom. The number of hydrogen-bond donors (Lipinski definition) is 0. The van der Waals surface area contributed by atoms with Crippen molar-refractivity contribution < 1.29 is 13.9 Å². The summed E-state index contributed by atoms with van der Waals surface area (Å²) in [5.74, 6) is -0.349. The van der Waals surface area contributed by atoms with Crippen LogP contribution in [0.15, 0.2) is 30.5 Å². The smallest absolute Gasteiger partial charge is 0.257 e. The lowest BCUT2D eigenvalue weighted by Gasteiger charge is -2.46. The van der Waals surface area contributed by atoms with E-state index in [2.05, 4.69) is 16.9 Å². The van der Waals surface area contributed by atoms with Gasteiger partial charge in [0.25, 0.3) is 5.91 Å². The van der Waals surface area contributed by atoms with Crippen LogP contribution in [0.4, 0.5) is 4.39 Å². The first kappa shape index (κ1) is 18.1. The Bertz CT molecular complexity index is 837. The van der Waals surface area contributed by atoms with E-state index in [0.717, 1.165) is 26.1 Å². The number of morpholine rings is 1. The summed E-state index contributed by atoms with van der Waals surface area (Å²) < 4.78 is 21.0. The van der Waals surface area contributed by atoms with Gasteiger partial charge in [-0.25, -0.2) is 9.07 Å². The minimum atomic E-state index is -0.327. The second kappa shape index (κ2) is 7.40. The van der Waals surface area contributed by atoms with Gasteiger partial charge in [-0.1, -0.05) is 13.0 Å². The van der Waals surface area contributed by atoms with Gasteiger partial charge in [0, 0.05) is 25.8 Å². The van der Waals surface area contributed by atoms with E-state index >= 15 is 0 Å². The number of nitrogens with zero attached hydrogens (tertiary/aromatic N) is 4. The summed E-state index contributed by atoms with van der Waals surface area (Å²) in [5.41, 5.74) is 1.82. The predicted octanol–water partition coefficient (Wildman–Crippen LogP) is 2.26. The molecule has 1 amide bonds. The lowest BCUT2D eigenvalue weighted by atomic mass is 9.98. The molecule has 4 rings (SSSR count). The van der Waals surface area contributed by atoms with Gasteiger partial charge >= 0.3 is 0 Å². The summed E-state index contributed by atoms with van der Waals surface area (Å²) in [4.78, 5) is 17.6. The molecule has 6 nitrogen and oxygen atoms in total.